The summed E-state index contributed by atoms with van der Waals surface area (Å²) in [5.41, 5.74) is 2.49. The fourth-order valence-electron chi connectivity index (χ4n) is 2.45. The van der Waals surface area contributed by atoms with E-state index in [0.717, 1.165) is 18.8 Å². The van der Waals surface area contributed by atoms with Crippen molar-refractivity contribution in [2.75, 3.05) is 6.61 Å². The van der Waals surface area contributed by atoms with Gasteiger partial charge in [-0.25, -0.2) is 0 Å². The van der Waals surface area contributed by atoms with Crippen LogP contribution >= 0.6 is 0 Å². The molecule has 0 bridgehead atoms. The molecular weight excluding hydrogens is 256 g/mol. The molecule has 0 N–H and O–H groups in total. The summed E-state index contributed by atoms with van der Waals surface area (Å²) in [7, 11) is 0. The smallest absolute Gasteiger partial charge is 0.119 e. The van der Waals surface area contributed by atoms with E-state index in [1.54, 1.807) is 0 Å². The molecule has 0 saturated heterocycles. The van der Waals surface area contributed by atoms with E-state index in [4.69, 9.17) is 4.74 Å². The molecule has 0 radical (unpaired) electrons. The van der Waals surface area contributed by atoms with Crippen molar-refractivity contribution in [3.63, 3.8) is 0 Å². The van der Waals surface area contributed by atoms with E-state index in [-0.39, 0.29) is 0 Å². The van der Waals surface area contributed by atoms with Crippen LogP contribution < -0.4 is 4.74 Å². The summed E-state index contributed by atoms with van der Waals surface area (Å²) in [5.74, 6) is 0.975. The predicted molar refractivity (Wildman–Crippen MR) is 90.7 cm³/mol. The van der Waals surface area contributed by atoms with Crippen LogP contribution in [0.4, 0.5) is 0 Å². The molecule has 0 spiro atoms. The SMILES string of the molecule is CCCCCCCCOc1ccc(-c2ccccc2)cc1. The highest BCUT2D eigenvalue weighted by Gasteiger charge is 1.98. The lowest BCUT2D eigenvalue weighted by molar-refractivity contribution is 0.304. The lowest BCUT2D eigenvalue weighted by atomic mass is 10.1. The minimum atomic E-state index is 0.830. The number of hydrogen-bond acceptors (Lipinski definition) is 1. The Bertz CT molecular complexity index is 487. The standard InChI is InChI=1S/C20H26O/c1-2-3-4-5-6-10-17-21-20-15-13-19(14-16-20)18-11-8-7-9-12-18/h7-9,11-16H,2-6,10,17H2,1H3. The minimum absolute atomic E-state index is 0.830. The van der Waals surface area contributed by atoms with Gasteiger partial charge in [-0.1, -0.05) is 81.5 Å². The normalized spacial score (nSPS) is 10.5. The second-order valence-electron chi connectivity index (χ2n) is 5.51. The van der Waals surface area contributed by atoms with Crippen LogP contribution in [0.15, 0.2) is 54.6 Å². The Labute approximate surface area is 129 Å². The van der Waals surface area contributed by atoms with Gasteiger partial charge in [-0.05, 0) is 29.7 Å². The van der Waals surface area contributed by atoms with Crippen molar-refractivity contribution in [2.45, 2.75) is 45.4 Å². The van der Waals surface area contributed by atoms with Gasteiger partial charge in [-0.15, -0.1) is 0 Å². The van der Waals surface area contributed by atoms with Crippen LogP contribution in [-0.2, 0) is 0 Å². The van der Waals surface area contributed by atoms with Crippen LogP contribution in [0.25, 0.3) is 11.1 Å². The lowest BCUT2D eigenvalue weighted by Gasteiger charge is -2.07. The first kappa shape index (κ1) is 15.6. The molecule has 0 heterocycles. The highest BCUT2D eigenvalue weighted by molar-refractivity contribution is 5.63. The minimum Gasteiger partial charge on any atom is -0.494 e. The molecule has 1 nitrogen and oxygen atoms in total. The molecule has 0 aromatic heterocycles. The Morgan fingerprint density at radius 3 is 2.00 bits per heavy atom. The zero-order valence-electron chi connectivity index (χ0n) is 13.1. The van der Waals surface area contributed by atoms with Crippen LogP contribution in [0.1, 0.15) is 45.4 Å². The molecule has 1 heteroatoms. The number of rotatable bonds is 9. The van der Waals surface area contributed by atoms with Crippen LogP contribution in [0.2, 0.25) is 0 Å². The summed E-state index contributed by atoms with van der Waals surface area (Å²) in [6.45, 7) is 3.08. The van der Waals surface area contributed by atoms with Gasteiger partial charge in [0.25, 0.3) is 0 Å². The molecule has 0 fully saturated rings. The summed E-state index contributed by atoms with van der Waals surface area (Å²) in [4.78, 5) is 0. The molecule has 112 valence electrons. The molecule has 2 aromatic rings. The monoisotopic (exact) mass is 282 g/mol. The molecule has 0 atom stereocenters. The van der Waals surface area contributed by atoms with Crippen LogP contribution in [0.3, 0.4) is 0 Å². The molecule has 2 aromatic carbocycles. The van der Waals surface area contributed by atoms with Gasteiger partial charge in [0.15, 0.2) is 0 Å². The van der Waals surface area contributed by atoms with Gasteiger partial charge in [0.1, 0.15) is 5.75 Å². The molecule has 2 rings (SSSR count). The molecule has 0 unspecified atom stereocenters. The van der Waals surface area contributed by atoms with Gasteiger partial charge in [0.2, 0.25) is 0 Å². The number of benzene rings is 2. The van der Waals surface area contributed by atoms with Crippen molar-refractivity contribution in [3.8, 4) is 16.9 Å². The predicted octanol–water partition coefficient (Wildman–Crippen LogP) is 6.09. The van der Waals surface area contributed by atoms with E-state index < -0.39 is 0 Å². The van der Waals surface area contributed by atoms with Crippen molar-refractivity contribution in [1.82, 2.24) is 0 Å². The first-order valence-corrected chi connectivity index (χ1v) is 8.18. The highest BCUT2D eigenvalue weighted by Crippen LogP contribution is 2.22. The maximum absolute atomic E-state index is 5.80. The number of hydrogen-bond donors (Lipinski definition) is 0. The summed E-state index contributed by atoms with van der Waals surface area (Å²) >= 11 is 0. The fourth-order valence-corrected chi connectivity index (χ4v) is 2.45. The second-order valence-corrected chi connectivity index (χ2v) is 5.51. The quantitative estimate of drug-likeness (QED) is 0.505. The third-order valence-electron chi connectivity index (χ3n) is 3.73. The largest absolute Gasteiger partial charge is 0.494 e. The fraction of sp³-hybridized carbons (Fsp3) is 0.400. The second kappa shape index (κ2) is 9.23. The lowest BCUT2D eigenvalue weighted by Crippen LogP contribution is -1.97. The molecule has 0 amide bonds. The van der Waals surface area contributed by atoms with Crippen LogP contribution in [0.5, 0.6) is 5.75 Å². The van der Waals surface area contributed by atoms with E-state index >= 15 is 0 Å². The Morgan fingerprint density at radius 2 is 1.29 bits per heavy atom. The molecular formula is C20H26O. The van der Waals surface area contributed by atoms with Gasteiger partial charge in [0, 0.05) is 0 Å². The summed E-state index contributed by atoms with van der Waals surface area (Å²) in [5, 5.41) is 0. The van der Waals surface area contributed by atoms with Gasteiger partial charge < -0.3 is 4.74 Å². The van der Waals surface area contributed by atoms with E-state index in [1.807, 2.05) is 6.07 Å². The summed E-state index contributed by atoms with van der Waals surface area (Å²) in [6, 6.07) is 18.8. The average Bonchev–Trinajstić information content (AvgIpc) is 2.55. The number of ether oxygens (including phenoxy) is 1. The molecule has 0 aliphatic rings. The van der Waals surface area contributed by atoms with Crippen molar-refractivity contribution in [2.24, 2.45) is 0 Å². The number of unbranched alkanes of at least 4 members (excludes halogenated alkanes) is 5. The molecule has 0 aliphatic carbocycles. The van der Waals surface area contributed by atoms with Crippen molar-refractivity contribution in [3.05, 3.63) is 54.6 Å². The Morgan fingerprint density at radius 1 is 0.667 bits per heavy atom. The zero-order valence-corrected chi connectivity index (χ0v) is 13.1. The van der Waals surface area contributed by atoms with Crippen LogP contribution in [-0.4, -0.2) is 6.61 Å². The molecule has 21 heavy (non-hydrogen) atoms. The van der Waals surface area contributed by atoms with Gasteiger partial charge in [0.05, 0.1) is 6.61 Å². The molecule has 0 saturated carbocycles. The third kappa shape index (κ3) is 5.63. The first-order valence-electron chi connectivity index (χ1n) is 8.18. The van der Waals surface area contributed by atoms with Gasteiger partial charge >= 0.3 is 0 Å². The third-order valence-corrected chi connectivity index (χ3v) is 3.73. The van der Waals surface area contributed by atoms with E-state index in [9.17, 15) is 0 Å². The highest BCUT2D eigenvalue weighted by atomic mass is 16.5. The van der Waals surface area contributed by atoms with Crippen molar-refractivity contribution < 1.29 is 4.74 Å². The Balaban J connectivity index is 1.71. The maximum atomic E-state index is 5.80. The van der Waals surface area contributed by atoms with Crippen molar-refractivity contribution >= 4 is 0 Å². The van der Waals surface area contributed by atoms with E-state index in [2.05, 4.69) is 55.5 Å². The van der Waals surface area contributed by atoms with E-state index in [1.165, 1.54) is 43.2 Å². The van der Waals surface area contributed by atoms with Crippen LogP contribution in [0, 0.1) is 0 Å². The maximum Gasteiger partial charge on any atom is 0.119 e. The van der Waals surface area contributed by atoms with Gasteiger partial charge in [-0.3, -0.25) is 0 Å². The Kier molecular flexibility index (Phi) is 6.87. The summed E-state index contributed by atoms with van der Waals surface area (Å²) in [6.07, 6.45) is 7.81. The Hall–Kier alpha value is -1.76. The first-order chi connectivity index (χ1) is 10.4. The summed E-state index contributed by atoms with van der Waals surface area (Å²) < 4.78 is 5.80. The molecule has 0 aliphatic heterocycles. The van der Waals surface area contributed by atoms with Crippen molar-refractivity contribution in [1.29, 1.82) is 0 Å². The van der Waals surface area contributed by atoms with E-state index in [0.29, 0.717) is 0 Å². The topological polar surface area (TPSA) is 9.23 Å². The van der Waals surface area contributed by atoms with Gasteiger partial charge in [-0.2, -0.15) is 0 Å². The average molecular weight is 282 g/mol. The zero-order chi connectivity index (χ0) is 14.8.